The van der Waals surface area contributed by atoms with Crippen LogP contribution >= 0.6 is 15.9 Å². The summed E-state index contributed by atoms with van der Waals surface area (Å²) in [6.45, 7) is 0. The van der Waals surface area contributed by atoms with Crippen LogP contribution in [0.25, 0.3) is 99.5 Å². The molecule has 0 fully saturated rings. The number of hydrogen-bond donors (Lipinski definition) is 2. The van der Waals surface area contributed by atoms with Gasteiger partial charge in [-0.3, -0.25) is 0 Å². The van der Waals surface area contributed by atoms with E-state index in [-0.39, 0.29) is 10.8 Å². The third kappa shape index (κ3) is 6.58. The summed E-state index contributed by atoms with van der Waals surface area (Å²) in [5.74, 6) is 0. The van der Waals surface area contributed by atoms with Crippen molar-refractivity contribution in [1.82, 2.24) is 0 Å². The van der Waals surface area contributed by atoms with Crippen molar-refractivity contribution in [3.8, 4) is 55.6 Å². The van der Waals surface area contributed by atoms with Crippen molar-refractivity contribution in [2.45, 2.75) is 10.8 Å². The quantitative estimate of drug-likeness (QED) is 0.169. The first kappa shape index (κ1) is 46.8. The van der Waals surface area contributed by atoms with Gasteiger partial charge in [-0.2, -0.15) is 0 Å². The standard InChI is InChI=1S/C37H22O.C25H15Br.C12H9BO3/c1-5-13-31-25(9-1)26-10-2-6-14-32(26)37(31)33-15-7-3-11-27(33)28-19-17-24(22-34(28)37)23-18-20-36-30(21-23)29-12-4-8-16-35(29)38-36;26-16-13-14-20-19-9-3-6-12-23(19)25(24(20)15-16)21-10-4-1-7-17(21)18-8-2-5-11-22(18)25;14-13(15)8-5-6-12-10(7-8)9-3-1-2-4-11(9)16-12/h1-22H;1-15H;1-7,14-15H. The fourth-order valence-electron chi connectivity index (χ4n) is 14.2. The summed E-state index contributed by atoms with van der Waals surface area (Å²) in [7, 11) is -1.45. The van der Waals surface area contributed by atoms with Gasteiger partial charge in [0.05, 0.1) is 10.8 Å². The first-order valence-corrected chi connectivity index (χ1v) is 27.9. The Balaban J connectivity index is 0.000000109. The molecular weight excluding hydrogens is 1040 g/mol. The summed E-state index contributed by atoms with van der Waals surface area (Å²) in [5, 5.41) is 22.4. The van der Waals surface area contributed by atoms with E-state index in [9.17, 15) is 0 Å². The number of rotatable bonds is 2. The highest BCUT2D eigenvalue weighted by Gasteiger charge is 2.53. The Bertz CT molecular complexity index is 4740. The van der Waals surface area contributed by atoms with E-state index in [4.69, 9.17) is 18.9 Å². The monoisotopic (exact) mass is 1090 g/mol. The third-order valence-electron chi connectivity index (χ3n) is 17.4. The lowest BCUT2D eigenvalue weighted by atomic mass is 9.70. The van der Waals surface area contributed by atoms with E-state index < -0.39 is 7.12 Å². The van der Waals surface area contributed by atoms with Gasteiger partial charge in [-0.25, -0.2) is 0 Å². The maximum Gasteiger partial charge on any atom is 0.488 e. The predicted molar refractivity (Wildman–Crippen MR) is 329 cm³/mol. The van der Waals surface area contributed by atoms with Gasteiger partial charge in [0.1, 0.15) is 22.3 Å². The number of hydrogen-bond acceptors (Lipinski definition) is 4. The molecule has 0 atom stereocenters. The zero-order valence-electron chi connectivity index (χ0n) is 43.1. The minimum absolute atomic E-state index is 0.219. The van der Waals surface area contributed by atoms with Gasteiger partial charge in [-0.1, -0.05) is 234 Å². The van der Waals surface area contributed by atoms with E-state index in [0.29, 0.717) is 5.46 Å². The van der Waals surface area contributed by atoms with Crippen molar-refractivity contribution >= 4 is 72.4 Å². The van der Waals surface area contributed by atoms with Crippen LogP contribution in [0, 0.1) is 0 Å². The zero-order chi connectivity index (χ0) is 53.3. The molecule has 80 heavy (non-hydrogen) atoms. The lowest BCUT2D eigenvalue weighted by Crippen LogP contribution is -2.29. The topological polar surface area (TPSA) is 66.7 Å². The maximum atomic E-state index is 9.12. The summed E-state index contributed by atoms with van der Waals surface area (Å²) >= 11 is 3.72. The lowest BCUT2D eigenvalue weighted by molar-refractivity contribution is 0.426. The van der Waals surface area contributed by atoms with Gasteiger partial charge in [-0.05, 0) is 154 Å². The van der Waals surface area contributed by atoms with Gasteiger partial charge < -0.3 is 18.9 Å². The highest BCUT2D eigenvalue weighted by Crippen LogP contribution is 2.64. The van der Waals surface area contributed by atoms with Crippen LogP contribution in [0.1, 0.15) is 44.5 Å². The van der Waals surface area contributed by atoms with Gasteiger partial charge in [0, 0.05) is 26.0 Å². The van der Waals surface area contributed by atoms with Gasteiger partial charge in [0.2, 0.25) is 0 Å². The molecule has 2 aromatic heterocycles. The van der Waals surface area contributed by atoms with Crippen molar-refractivity contribution in [2.24, 2.45) is 0 Å². The summed E-state index contributed by atoms with van der Waals surface area (Å²) < 4.78 is 12.9. The smallest absolute Gasteiger partial charge is 0.456 e. The number of furan rings is 2. The fourth-order valence-corrected chi connectivity index (χ4v) is 14.5. The van der Waals surface area contributed by atoms with E-state index in [1.165, 1.54) is 100 Å². The van der Waals surface area contributed by atoms with Crippen LogP contribution in [0.4, 0.5) is 0 Å². The molecule has 12 aromatic carbocycles. The van der Waals surface area contributed by atoms with Crippen LogP contribution in [-0.2, 0) is 10.8 Å². The molecule has 0 amide bonds. The highest BCUT2D eigenvalue weighted by atomic mass is 79.9. The molecule has 0 saturated heterocycles. The Morgan fingerprint density at radius 3 is 1.05 bits per heavy atom. The highest BCUT2D eigenvalue weighted by molar-refractivity contribution is 9.10. The summed E-state index contributed by atoms with van der Waals surface area (Å²) in [6.07, 6.45) is 0. The molecular formula is C74H46BBrO4. The molecule has 4 aliphatic carbocycles. The average molecular weight is 1090 g/mol. The van der Waals surface area contributed by atoms with E-state index in [1.54, 1.807) is 18.2 Å². The summed E-state index contributed by atoms with van der Waals surface area (Å²) in [5.41, 5.74) is 27.6. The molecule has 4 nitrogen and oxygen atoms in total. The summed E-state index contributed by atoms with van der Waals surface area (Å²) in [4.78, 5) is 0. The molecule has 0 bridgehead atoms. The second-order valence-corrected chi connectivity index (χ2v) is 22.2. The van der Waals surface area contributed by atoms with Gasteiger partial charge in [-0.15, -0.1) is 0 Å². The molecule has 376 valence electrons. The van der Waals surface area contributed by atoms with Crippen molar-refractivity contribution in [1.29, 1.82) is 0 Å². The Kier molecular flexibility index (Phi) is 10.4. The van der Waals surface area contributed by atoms with E-state index >= 15 is 0 Å². The number of fused-ring (bicyclic) bond motifs is 26. The molecule has 2 spiro atoms. The Hall–Kier alpha value is -9.30. The molecule has 18 rings (SSSR count). The second-order valence-electron chi connectivity index (χ2n) is 21.3. The van der Waals surface area contributed by atoms with Crippen molar-refractivity contribution < 1.29 is 18.9 Å². The first-order valence-electron chi connectivity index (χ1n) is 27.1. The Morgan fingerprint density at radius 2 is 0.600 bits per heavy atom. The van der Waals surface area contributed by atoms with Crippen LogP contribution in [0.5, 0.6) is 0 Å². The predicted octanol–water partition coefficient (Wildman–Crippen LogP) is 17.7. The van der Waals surface area contributed by atoms with Crippen LogP contribution in [0.3, 0.4) is 0 Å². The molecule has 0 unspecified atom stereocenters. The fraction of sp³-hybridized carbons (Fsp3) is 0.0270. The Labute approximate surface area is 470 Å². The van der Waals surface area contributed by atoms with Crippen LogP contribution < -0.4 is 5.46 Å². The number of halogens is 1. The molecule has 6 heteroatoms. The molecule has 0 radical (unpaired) electrons. The van der Waals surface area contributed by atoms with E-state index in [0.717, 1.165) is 48.3 Å². The third-order valence-corrected chi connectivity index (χ3v) is 17.9. The second kappa shape index (κ2) is 17.9. The van der Waals surface area contributed by atoms with Crippen molar-refractivity contribution in [3.63, 3.8) is 0 Å². The average Bonchev–Trinajstić information content (AvgIpc) is 4.45. The van der Waals surface area contributed by atoms with Gasteiger partial charge in [0.15, 0.2) is 0 Å². The van der Waals surface area contributed by atoms with Crippen molar-refractivity contribution in [2.75, 3.05) is 0 Å². The lowest BCUT2D eigenvalue weighted by Gasteiger charge is -2.30. The van der Waals surface area contributed by atoms with Crippen LogP contribution in [-0.4, -0.2) is 17.2 Å². The zero-order valence-corrected chi connectivity index (χ0v) is 44.7. The first-order chi connectivity index (χ1) is 39.4. The Morgan fingerprint density at radius 1 is 0.275 bits per heavy atom. The van der Waals surface area contributed by atoms with Crippen LogP contribution in [0.15, 0.2) is 280 Å². The largest absolute Gasteiger partial charge is 0.488 e. The molecule has 0 aliphatic heterocycles. The number of para-hydroxylation sites is 2. The normalized spacial score (nSPS) is 13.6. The van der Waals surface area contributed by atoms with E-state index in [1.807, 2.05) is 36.4 Å². The molecule has 14 aromatic rings. The summed E-state index contributed by atoms with van der Waals surface area (Å²) in [6, 6.07) is 95.1. The minimum atomic E-state index is -1.45. The van der Waals surface area contributed by atoms with Gasteiger partial charge in [0.25, 0.3) is 0 Å². The number of benzene rings is 12. The SMILES string of the molecule is Brc1ccc2c(c1)C1(c3ccccc3-c3ccccc31)c1ccccc1-2.OB(O)c1ccc2oc3ccccc3c2c1.c1ccc2c(c1)-c1ccccc1C21c2ccccc2-c2ccc(-c3ccc4oc5ccccc5c4c3)cc21. The van der Waals surface area contributed by atoms with E-state index in [2.05, 4.69) is 228 Å². The molecule has 0 saturated carbocycles. The van der Waals surface area contributed by atoms with Gasteiger partial charge >= 0.3 is 7.12 Å². The van der Waals surface area contributed by atoms with Crippen molar-refractivity contribution in [3.05, 3.63) is 316 Å². The van der Waals surface area contributed by atoms with Crippen LogP contribution in [0.2, 0.25) is 0 Å². The molecule has 4 aliphatic rings. The minimum Gasteiger partial charge on any atom is -0.456 e. The maximum absolute atomic E-state index is 9.12. The molecule has 2 N–H and O–H groups in total. The molecule has 2 heterocycles.